The van der Waals surface area contributed by atoms with Gasteiger partial charge in [0.2, 0.25) is 0 Å². The van der Waals surface area contributed by atoms with Crippen molar-refractivity contribution in [3.8, 4) is 0 Å². The molecule has 3 atom stereocenters. The Labute approximate surface area is 113 Å². The molecule has 0 amide bonds. The van der Waals surface area contributed by atoms with E-state index in [1.807, 2.05) is 24.3 Å². The molecule has 0 bridgehead atoms. The van der Waals surface area contributed by atoms with E-state index < -0.39 is 10.9 Å². The SMILES string of the molecule is [2H][C@@]1(Br)CC(Br)c2ccccc2[C@H]1OC(C)=O. The van der Waals surface area contributed by atoms with Crippen LogP contribution in [0.25, 0.3) is 0 Å². The van der Waals surface area contributed by atoms with Crippen molar-refractivity contribution in [2.45, 2.75) is 29.1 Å². The van der Waals surface area contributed by atoms with Gasteiger partial charge >= 0.3 is 5.97 Å². The molecular weight excluding hydrogens is 336 g/mol. The van der Waals surface area contributed by atoms with E-state index in [4.69, 9.17) is 6.11 Å². The molecule has 86 valence electrons. The van der Waals surface area contributed by atoms with Crippen LogP contribution in [-0.2, 0) is 9.53 Å². The molecule has 0 heterocycles. The number of hydrogen-bond donors (Lipinski definition) is 0. The first kappa shape index (κ1) is 10.8. The average Bonchev–Trinajstić information content (AvgIpc) is 2.23. The van der Waals surface area contributed by atoms with Crippen LogP contribution in [0.4, 0.5) is 0 Å². The zero-order valence-electron chi connectivity index (χ0n) is 9.74. The molecule has 0 saturated heterocycles. The second kappa shape index (κ2) is 4.88. The summed E-state index contributed by atoms with van der Waals surface area (Å²) in [4.78, 5) is 10.3. The van der Waals surface area contributed by atoms with Crippen molar-refractivity contribution in [2.24, 2.45) is 0 Å². The van der Waals surface area contributed by atoms with Gasteiger partial charge in [0.05, 0.1) is 4.80 Å². The lowest BCUT2D eigenvalue weighted by Gasteiger charge is -2.32. The van der Waals surface area contributed by atoms with Crippen molar-refractivity contribution in [1.29, 1.82) is 0 Å². The van der Waals surface area contributed by atoms with Crippen LogP contribution in [0.1, 0.15) is 36.8 Å². The summed E-state index contributed by atoms with van der Waals surface area (Å²) in [7, 11) is 0. The second-order valence-corrected chi connectivity index (χ2v) is 5.86. The predicted octanol–water partition coefficient (Wildman–Crippen LogP) is 3.89. The molecule has 2 nitrogen and oxygen atoms in total. The number of fused-ring (bicyclic) bond motifs is 1. The van der Waals surface area contributed by atoms with E-state index in [0.717, 1.165) is 11.1 Å². The van der Waals surface area contributed by atoms with Gasteiger partial charge in [-0.2, -0.15) is 0 Å². The van der Waals surface area contributed by atoms with Crippen LogP contribution in [0.15, 0.2) is 24.3 Å². The highest BCUT2D eigenvalue weighted by Gasteiger charge is 2.34. The van der Waals surface area contributed by atoms with Crippen molar-refractivity contribution >= 4 is 37.8 Å². The lowest BCUT2D eigenvalue weighted by atomic mass is 9.89. The van der Waals surface area contributed by atoms with Crippen LogP contribution in [0.5, 0.6) is 0 Å². The number of esters is 1. The van der Waals surface area contributed by atoms with E-state index in [9.17, 15) is 4.79 Å². The normalized spacial score (nSPS) is 33.8. The first-order valence-electron chi connectivity index (χ1n) is 5.51. The van der Waals surface area contributed by atoms with Crippen molar-refractivity contribution in [1.82, 2.24) is 0 Å². The standard InChI is InChI=1S/C12H12Br2O2/c1-7(15)16-12-9-5-3-2-4-8(9)10(13)6-11(12)14/h2-5,10-12H,6H2,1H3/t10?,11-,12-/m1/s1/i11D. The van der Waals surface area contributed by atoms with Gasteiger partial charge < -0.3 is 4.74 Å². The first-order chi connectivity index (χ1) is 7.92. The highest BCUT2D eigenvalue weighted by Crippen LogP contribution is 2.45. The number of benzene rings is 1. The Hall–Kier alpha value is -0.350. The summed E-state index contributed by atoms with van der Waals surface area (Å²) in [6, 6.07) is 7.74. The molecular formula is C12H12Br2O2. The minimum atomic E-state index is -0.985. The van der Waals surface area contributed by atoms with Crippen molar-refractivity contribution in [3.63, 3.8) is 0 Å². The molecule has 0 fully saturated rings. The van der Waals surface area contributed by atoms with Crippen LogP contribution in [0.2, 0.25) is 0 Å². The summed E-state index contributed by atoms with van der Waals surface area (Å²) in [5.41, 5.74) is 1.98. The number of carbonyl (C=O) groups is 1. The summed E-state index contributed by atoms with van der Waals surface area (Å²) < 4.78 is 13.5. The van der Waals surface area contributed by atoms with Crippen LogP contribution < -0.4 is 0 Å². The largest absolute Gasteiger partial charge is 0.456 e. The molecule has 0 saturated carbocycles. The second-order valence-electron chi connectivity index (χ2n) is 3.74. The Morgan fingerprint density at radius 1 is 1.44 bits per heavy atom. The van der Waals surface area contributed by atoms with Crippen molar-refractivity contribution < 1.29 is 10.9 Å². The third-order valence-electron chi connectivity index (χ3n) is 2.56. The van der Waals surface area contributed by atoms with Crippen LogP contribution >= 0.6 is 31.9 Å². The van der Waals surface area contributed by atoms with Crippen LogP contribution in [-0.4, -0.2) is 10.8 Å². The highest BCUT2D eigenvalue weighted by atomic mass is 79.9. The summed E-state index contributed by atoms with van der Waals surface area (Å²) in [6.45, 7) is 1.37. The molecule has 0 aliphatic heterocycles. The number of halogens is 2. The van der Waals surface area contributed by atoms with E-state index in [1.165, 1.54) is 6.92 Å². The fourth-order valence-corrected chi connectivity index (χ4v) is 3.75. The third-order valence-corrected chi connectivity index (χ3v) is 4.12. The maximum atomic E-state index is 11.2. The lowest BCUT2D eigenvalue weighted by molar-refractivity contribution is -0.147. The molecule has 1 aliphatic carbocycles. The number of rotatable bonds is 1. The van der Waals surface area contributed by atoms with Gasteiger partial charge in [0.1, 0.15) is 6.10 Å². The van der Waals surface area contributed by atoms with Gasteiger partial charge in [0, 0.05) is 13.1 Å². The molecule has 1 aromatic rings. The fraction of sp³-hybridized carbons (Fsp3) is 0.417. The Bertz CT molecular complexity index is 448. The zero-order chi connectivity index (χ0) is 12.6. The number of ether oxygens (including phenoxy) is 1. The molecule has 1 unspecified atom stereocenters. The summed E-state index contributed by atoms with van der Waals surface area (Å²) in [5, 5.41) is 0. The van der Waals surface area contributed by atoms with E-state index >= 15 is 0 Å². The molecule has 0 aromatic heterocycles. The minimum absolute atomic E-state index is 0.0994. The summed E-state index contributed by atoms with van der Waals surface area (Å²) in [6.07, 6.45) is -0.0212. The van der Waals surface area contributed by atoms with Gasteiger partial charge in [-0.25, -0.2) is 0 Å². The Morgan fingerprint density at radius 2 is 2.06 bits per heavy atom. The smallest absolute Gasteiger partial charge is 0.303 e. The fourth-order valence-electron chi connectivity index (χ4n) is 1.89. The van der Waals surface area contributed by atoms with Gasteiger partial charge in [-0.3, -0.25) is 4.79 Å². The number of hydrogen-bond acceptors (Lipinski definition) is 2. The molecule has 4 heteroatoms. The molecule has 0 N–H and O–H groups in total. The molecule has 16 heavy (non-hydrogen) atoms. The van der Waals surface area contributed by atoms with E-state index in [2.05, 4.69) is 31.9 Å². The van der Waals surface area contributed by atoms with Crippen molar-refractivity contribution in [3.05, 3.63) is 35.4 Å². The maximum Gasteiger partial charge on any atom is 0.303 e. The van der Waals surface area contributed by atoms with Gasteiger partial charge in [0.25, 0.3) is 0 Å². The Kier molecular flexibility index (Phi) is 3.29. The lowest BCUT2D eigenvalue weighted by Crippen LogP contribution is -2.25. The van der Waals surface area contributed by atoms with Gasteiger partial charge in [-0.05, 0) is 17.5 Å². The molecule has 2 rings (SSSR count). The van der Waals surface area contributed by atoms with Gasteiger partial charge in [-0.1, -0.05) is 56.1 Å². The monoisotopic (exact) mass is 347 g/mol. The topological polar surface area (TPSA) is 26.3 Å². The predicted molar refractivity (Wildman–Crippen MR) is 69.9 cm³/mol. The summed E-state index contributed by atoms with van der Waals surface area (Å²) >= 11 is 6.92. The van der Waals surface area contributed by atoms with E-state index in [1.54, 1.807) is 0 Å². The van der Waals surface area contributed by atoms with Crippen LogP contribution in [0, 0.1) is 0 Å². The average molecular weight is 349 g/mol. The maximum absolute atomic E-state index is 11.2. The minimum Gasteiger partial charge on any atom is -0.456 e. The molecule has 1 aliphatic rings. The number of carbonyl (C=O) groups excluding carboxylic acids is 1. The molecule has 0 radical (unpaired) electrons. The third kappa shape index (κ3) is 2.33. The van der Waals surface area contributed by atoms with E-state index in [0.29, 0.717) is 6.42 Å². The Morgan fingerprint density at radius 3 is 2.69 bits per heavy atom. The quantitative estimate of drug-likeness (QED) is 0.568. The van der Waals surface area contributed by atoms with Gasteiger partial charge in [0.15, 0.2) is 0 Å². The molecule has 0 spiro atoms. The zero-order valence-corrected chi connectivity index (χ0v) is 11.9. The number of alkyl halides is 2. The molecule has 1 aromatic carbocycles. The van der Waals surface area contributed by atoms with Crippen LogP contribution in [0.3, 0.4) is 0 Å². The highest BCUT2D eigenvalue weighted by molar-refractivity contribution is 9.10. The van der Waals surface area contributed by atoms with Crippen molar-refractivity contribution in [2.75, 3.05) is 0 Å². The summed E-state index contributed by atoms with van der Waals surface area (Å²) in [5.74, 6) is -0.367. The van der Waals surface area contributed by atoms with E-state index in [-0.39, 0.29) is 10.8 Å². The Balaban J connectivity index is 2.47. The van der Waals surface area contributed by atoms with Gasteiger partial charge in [-0.15, -0.1) is 0 Å². The first-order valence-corrected chi connectivity index (χ1v) is 6.72.